The first kappa shape index (κ1) is 14.0. The molecule has 1 N–H and O–H groups in total. The highest BCUT2D eigenvalue weighted by Crippen LogP contribution is 2.26. The minimum absolute atomic E-state index is 0.0199. The van der Waals surface area contributed by atoms with Gasteiger partial charge in [-0.2, -0.15) is 0 Å². The molecule has 0 fully saturated rings. The summed E-state index contributed by atoms with van der Waals surface area (Å²) >= 11 is 5.84. The Hall–Kier alpha value is -1.46. The van der Waals surface area contributed by atoms with E-state index in [1.807, 2.05) is 13.8 Å². The van der Waals surface area contributed by atoms with E-state index in [2.05, 4.69) is 15.5 Å². The van der Waals surface area contributed by atoms with Gasteiger partial charge in [-0.1, -0.05) is 25.4 Å². The summed E-state index contributed by atoms with van der Waals surface area (Å²) in [6.45, 7) is 4.80. The zero-order valence-corrected chi connectivity index (χ0v) is 11.5. The number of benzene rings is 1. The van der Waals surface area contributed by atoms with Gasteiger partial charge in [-0.05, 0) is 31.2 Å². The van der Waals surface area contributed by atoms with Crippen molar-refractivity contribution in [2.75, 3.05) is 6.54 Å². The molecule has 19 heavy (non-hydrogen) atoms. The smallest absolute Gasteiger partial charge is 0.250 e. The Labute approximate surface area is 116 Å². The Morgan fingerprint density at radius 2 is 2.16 bits per heavy atom. The molecular formula is C13H15ClFN3O. The molecule has 0 saturated carbocycles. The second kappa shape index (κ2) is 6.12. The number of nitrogens with zero attached hydrogens (tertiary/aromatic N) is 2. The lowest BCUT2D eigenvalue weighted by Gasteiger charge is -2.10. The van der Waals surface area contributed by atoms with Crippen LogP contribution in [0.1, 0.15) is 32.2 Å². The van der Waals surface area contributed by atoms with Crippen LogP contribution in [0.15, 0.2) is 22.6 Å². The van der Waals surface area contributed by atoms with Gasteiger partial charge < -0.3 is 9.73 Å². The predicted molar refractivity (Wildman–Crippen MR) is 71.4 cm³/mol. The van der Waals surface area contributed by atoms with Gasteiger partial charge in [-0.3, -0.25) is 0 Å². The van der Waals surface area contributed by atoms with E-state index in [4.69, 9.17) is 16.0 Å². The molecule has 0 spiro atoms. The van der Waals surface area contributed by atoms with E-state index in [9.17, 15) is 4.39 Å². The number of halogens is 2. The van der Waals surface area contributed by atoms with Crippen LogP contribution in [-0.4, -0.2) is 16.7 Å². The number of rotatable bonds is 5. The Kier molecular flexibility index (Phi) is 4.50. The number of nitrogens with one attached hydrogen (secondary N) is 1. The molecular weight excluding hydrogens is 269 g/mol. The van der Waals surface area contributed by atoms with Gasteiger partial charge >= 0.3 is 0 Å². The fourth-order valence-corrected chi connectivity index (χ4v) is 1.97. The third-order valence-electron chi connectivity index (χ3n) is 2.76. The Morgan fingerprint density at radius 1 is 1.37 bits per heavy atom. The minimum Gasteiger partial charge on any atom is -0.419 e. The van der Waals surface area contributed by atoms with E-state index in [1.54, 1.807) is 0 Å². The van der Waals surface area contributed by atoms with Crippen molar-refractivity contribution in [3.05, 3.63) is 34.9 Å². The molecule has 1 aromatic carbocycles. The van der Waals surface area contributed by atoms with Gasteiger partial charge in [0.15, 0.2) is 0 Å². The molecule has 0 radical (unpaired) electrons. The van der Waals surface area contributed by atoms with Crippen molar-refractivity contribution in [1.29, 1.82) is 0 Å². The van der Waals surface area contributed by atoms with Crippen LogP contribution >= 0.6 is 11.6 Å². The van der Waals surface area contributed by atoms with Gasteiger partial charge in [0.2, 0.25) is 5.89 Å². The van der Waals surface area contributed by atoms with Crippen LogP contribution in [0.5, 0.6) is 0 Å². The quantitative estimate of drug-likeness (QED) is 0.911. The average Bonchev–Trinajstić information content (AvgIpc) is 2.88. The largest absolute Gasteiger partial charge is 0.419 e. The van der Waals surface area contributed by atoms with Crippen LogP contribution in [0.4, 0.5) is 4.39 Å². The van der Waals surface area contributed by atoms with Crippen molar-refractivity contribution in [3.63, 3.8) is 0 Å². The minimum atomic E-state index is -0.434. The second-order valence-electron chi connectivity index (χ2n) is 4.09. The van der Waals surface area contributed by atoms with E-state index in [0.29, 0.717) is 10.9 Å². The number of hydrogen-bond acceptors (Lipinski definition) is 4. The summed E-state index contributed by atoms with van der Waals surface area (Å²) in [6.07, 6.45) is 0.813. The highest BCUT2D eigenvalue weighted by Gasteiger charge is 2.18. The fraction of sp³-hybridized carbons (Fsp3) is 0.385. The van der Waals surface area contributed by atoms with Gasteiger partial charge in [0.05, 0.1) is 11.6 Å². The summed E-state index contributed by atoms with van der Waals surface area (Å²) in [5.74, 6) is 0.168. The van der Waals surface area contributed by atoms with Crippen molar-refractivity contribution in [2.24, 2.45) is 0 Å². The lowest BCUT2D eigenvalue weighted by Crippen LogP contribution is -2.20. The molecule has 0 bridgehead atoms. The highest BCUT2D eigenvalue weighted by atomic mass is 35.5. The van der Waals surface area contributed by atoms with Gasteiger partial charge in [0.25, 0.3) is 5.89 Å². The average molecular weight is 284 g/mol. The zero-order valence-electron chi connectivity index (χ0n) is 10.8. The fourth-order valence-electron chi connectivity index (χ4n) is 1.80. The van der Waals surface area contributed by atoms with E-state index in [0.717, 1.165) is 13.0 Å². The zero-order chi connectivity index (χ0) is 13.8. The third-order valence-corrected chi connectivity index (χ3v) is 2.99. The van der Waals surface area contributed by atoms with Crippen LogP contribution in [-0.2, 0) is 0 Å². The predicted octanol–water partition coefficient (Wildman–Crippen LogP) is 3.59. The third kappa shape index (κ3) is 3.11. The molecule has 6 heteroatoms. The summed E-state index contributed by atoms with van der Waals surface area (Å²) < 4.78 is 19.2. The van der Waals surface area contributed by atoms with Crippen LogP contribution < -0.4 is 5.32 Å². The molecule has 0 aliphatic heterocycles. The van der Waals surface area contributed by atoms with Gasteiger partial charge in [0.1, 0.15) is 5.82 Å². The lowest BCUT2D eigenvalue weighted by molar-refractivity contribution is 0.401. The molecule has 0 saturated heterocycles. The van der Waals surface area contributed by atoms with E-state index in [1.165, 1.54) is 18.2 Å². The highest BCUT2D eigenvalue weighted by molar-refractivity contribution is 6.30. The number of hydrogen-bond donors (Lipinski definition) is 1. The Morgan fingerprint density at radius 3 is 2.84 bits per heavy atom. The topological polar surface area (TPSA) is 51.0 Å². The van der Waals surface area contributed by atoms with Crippen molar-refractivity contribution >= 4 is 11.6 Å². The Bertz CT molecular complexity index is 559. The maximum absolute atomic E-state index is 13.7. The maximum Gasteiger partial charge on any atom is 0.250 e. The summed E-state index contributed by atoms with van der Waals surface area (Å²) in [4.78, 5) is 0. The summed E-state index contributed by atoms with van der Waals surface area (Å²) in [6, 6.07) is 4.21. The normalized spacial score (nSPS) is 12.6. The van der Waals surface area contributed by atoms with Gasteiger partial charge in [-0.25, -0.2) is 4.39 Å². The van der Waals surface area contributed by atoms with Crippen molar-refractivity contribution in [3.8, 4) is 11.5 Å². The molecule has 0 aliphatic carbocycles. The molecule has 1 aromatic heterocycles. The molecule has 2 rings (SSSR count). The summed E-state index contributed by atoms with van der Waals surface area (Å²) in [5.41, 5.74) is 0.220. The van der Waals surface area contributed by atoms with Crippen molar-refractivity contribution < 1.29 is 8.81 Å². The second-order valence-corrected chi connectivity index (χ2v) is 4.52. The van der Waals surface area contributed by atoms with Gasteiger partial charge in [0, 0.05) is 5.02 Å². The molecule has 1 atom stereocenters. The maximum atomic E-state index is 13.7. The summed E-state index contributed by atoms with van der Waals surface area (Å²) in [5, 5.41) is 11.5. The monoisotopic (exact) mass is 283 g/mol. The van der Waals surface area contributed by atoms with Crippen LogP contribution in [0.3, 0.4) is 0 Å². The molecule has 0 aliphatic rings. The van der Waals surface area contributed by atoms with Crippen LogP contribution in [0.25, 0.3) is 11.5 Å². The molecule has 1 heterocycles. The molecule has 2 aromatic rings. The number of aromatic nitrogens is 2. The van der Waals surface area contributed by atoms with Crippen molar-refractivity contribution in [1.82, 2.24) is 15.5 Å². The van der Waals surface area contributed by atoms with E-state index in [-0.39, 0.29) is 17.5 Å². The molecule has 0 amide bonds. The first-order valence-corrected chi connectivity index (χ1v) is 6.55. The van der Waals surface area contributed by atoms with Crippen molar-refractivity contribution in [2.45, 2.75) is 26.3 Å². The SMILES string of the molecule is CCNC(CC)c1nnc(-c2cc(Cl)ccc2F)o1. The lowest BCUT2D eigenvalue weighted by atomic mass is 10.2. The van der Waals surface area contributed by atoms with E-state index < -0.39 is 5.82 Å². The van der Waals surface area contributed by atoms with Gasteiger partial charge in [-0.15, -0.1) is 10.2 Å². The Balaban J connectivity index is 2.32. The van der Waals surface area contributed by atoms with Crippen LogP contribution in [0.2, 0.25) is 5.02 Å². The van der Waals surface area contributed by atoms with Crippen LogP contribution in [0, 0.1) is 5.82 Å². The molecule has 4 nitrogen and oxygen atoms in total. The first-order valence-electron chi connectivity index (χ1n) is 6.17. The molecule has 1 unspecified atom stereocenters. The molecule has 102 valence electrons. The standard InChI is InChI=1S/C13H15ClFN3O/c1-3-11(16-4-2)13-18-17-12(19-13)9-7-8(14)5-6-10(9)15/h5-7,11,16H,3-4H2,1-2H3. The van der Waals surface area contributed by atoms with E-state index >= 15 is 0 Å². The summed E-state index contributed by atoms with van der Waals surface area (Å²) in [7, 11) is 0. The first-order chi connectivity index (χ1) is 9.15.